The van der Waals surface area contributed by atoms with E-state index in [-0.39, 0.29) is 5.54 Å². The predicted molar refractivity (Wildman–Crippen MR) is 83.8 cm³/mol. The van der Waals surface area contributed by atoms with Gasteiger partial charge in [-0.1, -0.05) is 6.07 Å². The molecule has 120 valence electrons. The normalized spacial score (nSPS) is 35.6. The van der Waals surface area contributed by atoms with E-state index < -0.39 is 0 Å². The Balaban J connectivity index is 1.46. The molecule has 22 heavy (non-hydrogen) atoms. The third-order valence-corrected chi connectivity index (χ3v) is 4.89. The quantitative estimate of drug-likeness (QED) is 0.847. The number of methoxy groups -OCH3 is 2. The molecule has 4 heterocycles. The lowest BCUT2D eigenvalue weighted by Gasteiger charge is -2.60. The maximum Gasteiger partial charge on any atom is 0.161 e. The lowest BCUT2D eigenvalue weighted by Crippen LogP contribution is -2.79. The molecule has 0 spiro atoms. The highest BCUT2D eigenvalue weighted by Gasteiger charge is 2.48. The summed E-state index contributed by atoms with van der Waals surface area (Å²) in [5.41, 5.74) is 1.43. The van der Waals surface area contributed by atoms with E-state index in [1.165, 1.54) is 5.56 Å². The van der Waals surface area contributed by atoms with Gasteiger partial charge in [-0.15, -0.1) is 0 Å². The van der Waals surface area contributed by atoms with Crippen molar-refractivity contribution in [3.05, 3.63) is 23.8 Å². The largest absolute Gasteiger partial charge is 0.493 e. The summed E-state index contributed by atoms with van der Waals surface area (Å²) in [7, 11) is 3.35. The summed E-state index contributed by atoms with van der Waals surface area (Å²) >= 11 is 0. The molecule has 0 aromatic heterocycles. The van der Waals surface area contributed by atoms with Gasteiger partial charge < -0.3 is 14.8 Å². The van der Waals surface area contributed by atoms with E-state index in [2.05, 4.69) is 32.1 Å². The van der Waals surface area contributed by atoms with Crippen molar-refractivity contribution in [1.29, 1.82) is 0 Å². The number of benzene rings is 1. The van der Waals surface area contributed by atoms with Crippen LogP contribution in [0, 0.1) is 0 Å². The van der Waals surface area contributed by atoms with Crippen LogP contribution in [0.4, 0.5) is 0 Å². The first-order valence-electron chi connectivity index (χ1n) is 7.83. The highest BCUT2D eigenvalue weighted by Crippen LogP contribution is 2.30. The van der Waals surface area contributed by atoms with Crippen LogP contribution in [0.3, 0.4) is 0 Å². The molecule has 0 atom stereocenters. The maximum atomic E-state index is 5.40. The van der Waals surface area contributed by atoms with Crippen LogP contribution in [0.2, 0.25) is 0 Å². The lowest BCUT2D eigenvalue weighted by atomic mass is 9.90. The molecule has 4 aliphatic rings. The Bertz CT molecular complexity index is 528. The second kappa shape index (κ2) is 5.38. The Kier molecular flexibility index (Phi) is 3.49. The number of hydrogen-bond donors (Lipinski definition) is 1. The van der Waals surface area contributed by atoms with E-state index in [1.807, 2.05) is 6.07 Å². The number of nitrogens with zero attached hydrogens (tertiary/aromatic N) is 3. The zero-order valence-electron chi connectivity index (χ0n) is 13.3. The Hall–Kier alpha value is -1.34. The van der Waals surface area contributed by atoms with E-state index >= 15 is 0 Å². The van der Waals surface area contributed by atoms with Crippen molar-refractivity contribution in [3.63, 3.8) is 0 Å². The number of nitrogens with one attached hydrogen (secondary N) is 1. The Morgan fingerprint density at radius 2 is 1.55 bits per heavy atom. The molecule has 6 heteroatoms. The van der Waals surface area contributed by atoms with E-state index in [0.29, 0.717) is 0 Å². The van der Waals surface area contributed by atoms with Crippen molar-refractivity contribution in [1.82, 2.24) is 20.0 Å². The van der Waals surface area contributed by atoms with Gasteiger partial charge in [0.1, 0.15) is 0 Å². The van der Waals surface area contributed by atoms with Crippen LogP contribution in [0.25, 0.3) is 0 Å². The van der Waals surface area contributed by atoms with E-state index in [1.54, 1.807) is 14.2 Å². The van der Waals surface area contributed by atoms with Crippen LogP contribution in [-0.2, 0) is 6.54 Å². The molecule has 6 nitrogen and oxygen atoms in total. The van der Waals surface area contributed by atoms with Crippen LogP contribution < -0.4 is 14.8 Å². The molecule has 0 saturated carbocycles. The van der Waals surface area contributed by atoms with Gasteiger partial charge in [0.15, 0.2) is 11.5 Å². The number of ether oxygens (including phenoxy) is 2. The first-order valence-corrected chi connectivity index (χ1v) is 7.83. The predicted octanol–water partition coefficient (Wildman–Crippen LogP) is 0.352. The molecule has 0 amide bonds. The molecule has 4 bridgehead atoms. The maximum absolute atomic E-state index is 5.40. The van der Waals surface area contributed by atoms with Crippen molar-refractivity contribution in [2.24, 2.45) is 0 Å². The minimum absolute atomic E-state index is 0.196. The van der Waals surface area contributed by atoms with Gasteiger partial charge in [-0.05, 0) is 17.7 Å². The fourth-order valence-corrected chi connectivity index (χ4v) is 4.16. The van der Waals surface area contributed by atoms with Crippen molar-refractivity contribution >= 4 is 0 Å². The van der Waals surface area contributed by atoms with Crippen LogP contribution in [0.1, 0.15) is 5.56 Å². The standard InChI is InChI=1S/C16H24N4O2/c1-21-14-4-3-13(5-15(14)22-2)6-17-16-7-18-10-19(8-16)12-20(9-16)11-18/h3-5,17H,6-12H2,1-2H3. The van der Waals surface area contributed by atoms with Crippen molar-refractivity contribution in [2.45, 2.75) is 12.1 Å². The minimum atomic E-state index is 0.196. The van der Waals surface area contributed by atoms with Crippen LogP contribution in [0.15, 0.2) is 18.2 Å². The molecular formula is C16H24N4O2. The van der Waals surface area contributed by atoms with Gasteiger partial charge in [0, 0.05) is 26.2 Å². The fraction of sp³-hybridized carbons (Fsp3) is 0.625. The average Bonchev–Trinajstić information content (AvgIpc) is 2.51. The Morgan fingerprint density at radius 1 is 0.955 bits per heavy atom. The van der Waals surface area contributed by atoms with E-state index in [4.69, 9.17) is 9.47 Å². The smallest absolute Gasteiger partial charge is 0.161 e. The van der Waals surface area contributed by atoms with Crippen LogP contribution in [-0.4, -0.2) is 74.1 Å². The van der Waals surface area contributed by atoms with Gasteiger partial charge in [0.25, 0.3) is 0 Å². The van der Waals surface area contributed by atoms with Gasteiger partial charge in [-0.25, -0.2) is 0 Å². The molecule has 1 aromatic rings. The third kappa shape index (κ3) is 2.46. The van der Waals surface area contributed by atoms with Gasteiger partial charge in [-0.3, -0.25) is 14.7 Å². The molecule has 0 aliphatic carbocycles. The van der Waals surface area contributed by atoms with Crippen LogP contribution in [0.5, 0.6) is 11.5 Å². The first-order chi connectivity index (χ1) is 10.7. The molecule has 4 saturated heterocycles. The Morgan fingerprint density at radius 3 is 2.09 bits per heavy atom. The van der Waals surface area contributed by atoms with Gasteiger partial charge >= 0.3 is 0 Å². The molecule has 4 aliphatic heterocycles. The van der Waals surface area contributed by atoms with Gasteiger partial charge in [-0.2, -0.15) is 0 Å². The number of hydrogen-bond acceptors (Lipinski definition) is 6. The topological polar surface area (TPSA) is 40.2 Å². The summed E-state index contributed by atoms with van der Waals surface area (Å²) in [5, 5.41) is 3.81. The summed E-state index contributed by atoms with van der Waals surface area (Å²) in [4.78, 5) is 7.58. The molecule has 5 rings (SSSR count). The summed E-state index contributed by atoms with van der Waals surface area (Å²) in [6.45, 7) is 7.66. The average molecular weight is 304 g/mol. The minimum Gasteiger partial charge on any atom is -0.493 e. The van der Waals surface area contributed by atoms with Crippen molar-refractivity contribution in [3.8, 4) is 11.5 Å². The zero-order valence-corrected chi connectivity index (χ0v) is 13.3. The van der Waals surface area contributed by atoms with Gasteiger partial charge in [0.05, 0.1) is 39.8 Å². The summed E-state index contributed by atoms with van der Waals surface area (Å²) in [5.74, 6) is 1.58. The summed E-state index contributed by atoms with van der Waals surface area (Å²) in [6, 6.07) is 6.15. The molecule has 1 aromatic carbocycles. The van der Waals surface area contributed by atoms with Crippen LogP contribution >= 0.6 is 0 Å². The second-order valence-electron chi connectivity index (χ2n) is 6.73. The third-order valence-electron chi connectivity index (χ3n) is 4.89. The molecular weight excluding hydrogens is 280 g/mol. The molecule has 1 N–H and O–H groups in total. The molecule has 0 radical (unpaired) electrons. The highest BCUT2D eigenvalue weighted by atomic mass is 16.5. The second-order valence-corrected chi connectivity index (χ2v) is 6.73. The van der Waals surface area contributed by atoms with Crippen molar-refractivity contribution in [2.75, 3.05) is 53.9 Å². The Labute approximate surface area is 131 Å². The van der Waals surface area contributed by atoms with Gasteiger partial charge in [0.2, 0.25) is 0 Å². The summed E-state index contributed by atoms with van der Waals surface area (Å²) in [6.07, 6.45) is 0. The number of rotatable bonds is 5. The molecule has 4 fully saturated rings. The van der Waals surface area contributed by atoms with E-state index in [0.717, 1.165) is 57.7 Å². The molecule has 0 unspecified atom stereocenters. The first kappa shape index (κ1) is 14.3. The fourth-order valence-electron chi connectivity index (χ4n) is 4.16. The lowest BCUT2D eigenvalue weighted by molar-refractivity contribution is -0.150. The highest BCUT2D eigenvalue weighted by molar-refractivity contribution is 5.42. The summed E-state index contributed by atoms with van der Waals surface area (Å²) < 4.78 is 10.7. The van der Waals surface area contributed by atoms with Crippen molar-refractivity contribution < 1.29 is 9.47 Å². The SMILES string of the molecule is COc1ccc(CNC23CN4CN(CN(C4)C2)C3)cc1OC. The monoisotopic (exact) mass is 304 g/mol. The zero-order chi connectivity index (χ0) is 15.2. The van der Waals surface area contributed by atoms with E-state index in [9.17, 15) is 0 Å².